The van der Waals surface area contributed by atoms with Gasteiger partial charge in [-0.25, -0.2) is 14.4 Å². The van der Waals surface area contributed by atoms with Gasteiger partial charge >= 0.3 is 18.0 Å². The van der Waals surface area contributed by atoms with Crippen LogP contribution >= 0.6 is 0 Å². The third-order valence-corrected chi connectivity index (χ3v) is 6.56. The first-order valence-corrected chi connectivity index (χ1v) is 14.2. The third-order valence-electron chi connectivity index (χ3n) is 6.56. The lowest BCUT2D eigenvalue weighted by molar-refractivity contribution is 0.0469. The van der Waals surface area contributed by atoms with E-state index in [0.717, 1.165) is 22.4 Å². The number of rotatable bonds is 10. The Morgan fingerprint density at radius 3 is 2.21 bits per heavy atom. The van der Waals surface area contributed by atoms with E-state index < -0.39 is 23.6 Å². The van der Waals surface area contributed by atoms with Crippen molar-refractivity contribution in [3.8, 4) is 16.9 Å². The highest BCUT2D eigenvalue weighted by atomic mass is 16.6. The first kappa shape index (κ1) is 33.1. The Bertz CT molecular complexity index is 1470. The summed E-state index contributed by atoms with van der Waals surface area (Å²) in [5, 5.41) is 2.86. The van der Waals surface area contributed by atoms with Gasteiger partial charge in [-0.15, -0.1) is 0 Å². The predicted molar refractivity (Wildman–Crippen MR) is 164 cm³/mol. The highest BCUT2D eigenvalue weighted by Gasteiger charge is 2.26. The van der Waals surface area contributed by atoms with Crippen LogP contribution in [0.25, 0.3) is 11.1 Å². The van der Waals surface area contributed by atoms with Gasteiger partial charge in [-0.1, -0.05) is 49.7 Å². The van der Waals surface area contributed by atoms with Gasteiger partial charge in [0.15, 0.2) is 0 Å². The van der Waals surface area contributed by atoms with E-state index in [4.69, 9.17) is 23.9 Å². The third kappa shape index (κ3) is 8.80. The maximum absolute atomic E-state index is 13.8. The molecule has 0 saturated carbocycles. The van der Waals surface area contributed by atoms with Crippen LogP contribution in [0.3, 0.4) is 0 Å². The second kappa shape index (κ2) is 14.2. The van der Waals surface area contributed by atoms with Crippen LogP contribution in [0.4, 0.5) is 4.79 Å². The number of nitrogens with zero attached hydrogens (tertiary/aromatic N) is 1. The largest absolute Gasteiger partial charge is 0.496 e. The second-order valence-corrected chi connectivity index (χ2v) is 11.8. The van der Waals surface area contributed by atoms with E-state index in [1.807, 2.05) is 31.2 Å². The molecule has 2 aromatic carbocycles. The summed E-state index contributed by atoms with van der Waals surface area (Å²) in [4.78, 5) is 43.4. The Labute approximate surface area is 253 Å². The average molecular weight is 591 g/mol. The molecular formula is C34H42N2O7. The standard InChI is InChI=1S/C34H42N2O7/c1-20(2)16-27-26(18-35-33(39)43-34(5,6)7)30(24-13-10-21(3)11-14-24)29(22(4)36-27)32(38)42-19-23-12-15-25(31(37)41-9)28(17-23)40-8/h10-15,17,20H,16,18-19H2,1-9H3,(H,35,39). The number of alkyl carbamates (subject to hydrolysis) is 1. The van der Waals surface area contributed by atoms with Crippen LogP contribution in [0, 0.1) is 19.8 Å². The number of pyridine rings is 1. The quantitative estimate of drug-likeness (QED) is 0.204. The summed E-state index contributed by atoms with van der Waals surface area (Å²) in [6, 6.07) is 12.7. The summed E-state index contributed by atoms with van der Waals surface area (Å²) in [6.07, 6.45) is 0.0825. The number of methoxy groups -OCH3 is 2. The summed E-state index contributed by atoms with van der Waals surface area (Å²) < 4.78 is 21.4. The normalized spacial score (nSPS) is 11.2. The summed E-state index contributed by atoms with van der Waals surface area (Å²) >= 11 is 0. The van der Waals surface area contributed by atoms with Crippen molar-refractivity contribution in [2.75, 3.05) is 14.2 Å². The minimum Gasteiger partial charge on any atom is -0.496 e. The molecule has 0 saturated heterocycles. The minimum atomic E-state index is -0.664. The lowest BCUT2D eigenvalue weighted by Gasteiger charge is -2.23. The maximum Gasteiger partial charge on any atom is 0.407 e. The molecular weight excluding hydrogens is 548 g/mol. The number of hydrogen-bond donors (Lipinski definition) is 1. The van der Waals surface area contributed by atoms with Gasteiger partial charge in [0.2, 0.25) is 0 Å². The Hall–Kier alpha value is -4.40. The number of carbonyl (C=O) groups is 3. The van der Waals surface area contributed by atoms with Crippen LogP contribution in [-0.4, -0.2) is 42.8 Å². The fraction of sp³-hybridized carbons (Fsp3) is 0.412. The molecule has 3 rings (SSSR count). The molecule has 43 heavy (non-hydrogen) atoms. The van der Waals surface area contributed by atoms with Crippen LogP contribution in [-0.2, 0) is 33.8 Å². The zero-order valence-electron chi connectivity index (χ0n) is 26.5. The molecule has 0 bridgehead atoms. The van der Waals surface area contributed by atoms with E-state index in [1.54, 1.807) is 45.9 Å². The average Bonchev–Trinajstić information content (AvgIpc) is 2.93. The first-order valence-electron chi connectivity index (χ1n) is 14.2. The van der Waals surface area contributed by atoms with E-state index >= 15 is 0 Å². The number of hydrogen-bond acceptors (Lipinski definition) is 8. The zero-order chi connectivity index (χ0) is 31.9. The topological polar surface area (TPSA) is 113 Å². The van der Waals surface area contributed by atoms with E-state index in [2.05, 4.69) is 19.2 Å². The monoisotopic (exact) mass is 590 g/mol. The Morgan fingerprint density at radius 2 is 1.63 bits per heavy atom. The highest BCUT2D eigenvalue weighted by Crippen LogP contribution is 2.34. The summed E-state index contributed by atoms with van der Waals surface area (Å²) in [5.41, 5.74) is 5.12. The van der Waals surface area contributed by atoms with Gasteiger partial charge in [0.05, 0.1) is 25.5 Å². The summed E-state index contributed by atoms with van der Waals surface area (Å²) in [5.74, 6) is -0.504. The number of aryl methyl sites for hydroxylation is 2. The zero-order valence-corrected chi connectivity index (χ0v) is 26.5. The molecule has 1 N–H and O–H groups in total. The molecule has 0 spiro atoms. The van der Waals surface area contributed by atoms with Gasteiger partial charge in [-0.3, -0.25) is 4.98 Å². The molecule has 0 aliphatic rings. The van der Waals surface area contributed by atoms with Gasteiger partial charge < -0.3 is 24.3 Å². The summed E-state index contributed by atoms with van der Waals surface area (Å²) in [6.45, 7) is 13.4. The molecule has 1 amide bonds. The van der Waals surface area contributed by atoms with E-state index in [0.29, 0.717) is 34.6 Å². The number of aromatic nitrogens is 1. The molecule has 0 unspecified atom stereocenters. The molecule has 0 fully saturated rings. The van der Waals surface area contributed by atoms with Crippen molar-refractivity contribution in [1.29, 1.82) is 0 Å². The van der Waals surface area contributed by atoms with Gasteiger partial charge in [0.25, 0.3) is 0 Å². The number of ether oxygens (including phenoxy) is 4. The van der Waals surface area contributed by atoms with Crippen molar-refractivity contribution in [1.82, 2.24) is 10.3 Å². The Balaban J connectivity index is 2.08. The van der Waals surface area contributed by atoms with Crippen molar-refractivity contribution in [3.63, 3.8) is 0 Å². The maximum atomic E-state index is 13.8. The van der Waals surface area contributed by atoms with Crippen LogP contribution in [0.5, 0.6) is 5.75 Å². The Kier molecular flexibility index (Phi) is 10.9. The Morgan fingerprint density at radius 1 is 0.953 bits per heavy atom. The van der Waals surface area contributed by atoms with Crippen molar-refractivity contribution in [2.45, 2.75) is 73.6 Å². The lowest BCUT2D eigenvalue weighted by Crippen LogP contribution is -2.32. The van der Waals surface area contributed by atoms with Crippen molar-refractivity contribution < 1.29 is 33.3 Å². The lowest BCUT2D eigenvalue weighted by atomic mass is 9.89. The van der Waals surface area contributed by atoms with E-state index in [-0.39, 0.29) is 24.6 Å². The van der Waals surface area contributed by atoms with Crippen molar-refractivity contribution >= 4 is 18.0 Å². The van der Waals surface area contributed by atoms with Crippen LogP contribution in [0.2, 0.25) is 0 Å². The van der Waals surface area contributed by atoms with Crippen molar-refractivity contribution in [2.24, 2.45) is 5.92 Å². The van der Waals surface area contributed by atoms with Crippen LogP contribution in [0.1, 0.15) is 83.4 Å². The molecule has 0 radical (unpaired) electrons. The number of amides is 1. The number of esters is 2. The molecule has 230 valence electrons. The molecule has 0 aliphatic heterocycles. The second-order valence-electron chi connectivity index (χ2n) is 11.8. The van der Waals surface area contributed by atoms with Gasteiger partial charge in [0, 0.05) is 23.4 Å². The molecule has 0 atom stereocenters. The predicted octanol–water partition coefficient (Wildman–Crippen LogP) is 6.74. The smallest absolute Gasteiger partial charge is 0.407 e. The van der Waals surface area contributed by atoms with Crippen LogP contribution in [0.15, 0.2) is 42.5 Å². The van der Waals surface area contributed by atoms with Crippen LogP contribution < -0.4 is 10.1 Å². The molecule has 0 aliphatic carbocycles. The minimum absolute atomic E-state index is 0.0668. The number of benzene rings is 2. The highest BCUT2D eigenvalue weighted by molar-refractivity contribution is 5.99. The fourth-order valence-electron chi connectivity index (χ4n) is 4.64. The number of carbonyl (C=O) groups excluding carboxylic acids is 3. The molecule has 9 nitrogen and oxygen atoms in total. The SMILES string of the molecule is COC(=O)c1ccc(COC(=O)c2c(C)nc(CC(C)C)c(CNC(=O)OC(C)(C)C)c2-c2ccc(C)cc2)cc1OC. The van der Waals surface area contributed by atoms with Gasteiger partial charge in [0.1, 0.15) is 23.5 Å². The molecule has 3 aromatic rings. The first-order chi connectivity index (χ1) is 20.2. The van der Waals surface area contributed by atoms with E-state index in [9.17, 15) is 14.4 Å². The fourth-order valence-corrected chi connectivity index (χ4v) is 4.64. The number of nitrogens with one attached hydrogen (secondary N) is 1. The molecule has 9 heteroatoms. The van der Waals surface area contributed by atoms with Gasteiger partial charge in [-0.2, -0.15) is 0 Å². The molecule has 1 heterocycles. The van der Waals surface area contributed by atoms with Crippen molar-refractivity contribution in [3.05, 3.63) is 81.7 Å². The van der Waals surface area contributed by atoms with E-state index in [1.165, 1.54) is 14.2 Å². The van der Waals surface area contributed by atoms with Gasteiger partial charge in [-0.05, 0) is 70.2 Å². The molecule has 1 aromatic heterocycles. The summed E-state index contributed by atoms with van der Waals surface area (Å²) in [7, 11) is 2.75.